The van der Waals surface area contributed by atoms with E-state index in [1.54, 1.807) is 0 Å². The first-order valence-electron chi connectivity index (χ1n) is 13.3. The summed E-state index contributed by atoms with van der Waals surface area (Å²) in [5.41, 5.74) is 2.17. The van der Waals surface area contributed by atoms with Gasteiger partial charge in [-0.15, -0.1) is 0 Å². The molecule has 2 fully saturated rings. The number of carboxylic acids is 1. The Morgan fingerprint density at radius 3 is 2.51 bits per heavy atom. The van der Waals surface area contributed by atoms with Gasteiger partial charge in [0.2, 0.25) is 5.91 Å². The highest BCUT2D eigenvalue weighted by Gasteiger charge is 2.42. The standard InChI is InChI=1S/C29H42N2O4/c1-28(2,3)17-18-14-21(15-18)27-25(19-9-10-19)26(31-35-27)20(11-12-24(33)34)16-23(32)30-22-8-6-7-13-29(22,4)5/h6-8,13,18-22H,9-12,14-17H2,1-5H3,(H,30,32)(H,33,34). The van der Waals surface area contributed by atoms with Crippen molar-refractivity contribution in [3.05, 3.63) is 41.3 Å². The molecule has 0 aliphatic heterocycles. The van der Waals surface area contributed by atoms with Crippen LogP contribution in [0.2, 0.25) is 0 Å². The Balaban J connectivity index is 1.50. The smallest absolute Gasteiger partial charge is 0.303 e. The van der Waals surface area contributed by atoms with Crippen molar-refractivity contribution in [1.29, 1.82) is 0 Å². The quantitative estimate of drug-likeness (QED) is 0.399. The van der Waals surface area contributed by atoms with Crippen LogP contribution in [0.1, 0.15) is 121 Å². The molecular weight excluding hydrogens is 440 g/mol. The summed E-state index contributed by atoms with van der Waals surface area (Å²) in [6.07, 6.45) is 14.4. The molecule has 0 aromatic carbocycles. The molecule has 0 bridgehead atoms. The van der Waals surface area contributed by atoms with Crippen molar-refractivity contribution in [1.82, 2.24) is 10.5 Å². The summed E-state index contributed by atoms with van der Waals surface area (Å²) in [5, 5.41) is 17.0. The molecule has 1 aromatic rings. The second kappa shape index (κ2) is 9.94. The van der Waals surface area contributed by atoms with Gasteiger partial charge in [0, 0.05) is 35.7 Å². The van der Waals surface area contributed by atoms with Crippen molar-refractivity contribution in [3.8, 4) is 0 Å². The number of amides is 1. The number of nitrogens with one attached hydrogen (secondary N) is 1. The first kappa shape index (κ1) is 25.7. The predicted molar refractivity (Wildman–Crippen MR) is 136 cm³/mol. The van der Waals surface area contributed by atoms with Crippen LogP contribution in [-0.4, -0.2) is 28.2 Å². The molecular formula is C29H42N2O4. The molecule has 1 amide bonds. The number of carbonyl (C=O) groups is 2. The molecule has 3 aliphatic carbocycles. The third kappa shape index (κ3) is 6.45. The number of hydrogen-bond donors (Lipinski definition) is 2. The zero-order valence-corrected chi connectivity index (χ0v) is 22.0. The predicted octanol–water partition coefficient (Wildman–Crippen LogP) is 6.46. The van der Waals surface area contributed by atoms with E-state index in [9.17, 15) is 14.7 Å². The highest BCUT2D eigenvalue weighted by atomic mass is 16.5. The largest absolute Gasteiger partial charge is 0.481 e. The molecule has 3 aliphatic rings. The average Bonchev–Trinajstić information content (AvgIpc) is 3.47. The summed E-state index contributed by atoms with van der Waals surface area (Å²) in [6, 6.07) is -0.0920. The Morgan fingerprint density at radius 2 is 1.91 bits per heavy atom. The van der Waals surface area contributed by atoms with E-state index in [1.807, 2.05) is 18.2 Å². The van der Waals surface area contributed by atoms with Gasteiger partial charge in [-0.2, -0.15) is 0 Å². The van der Waals surface area contributed by atoms with Gasteiger partial charge in [0.25, 0.3) is 0 Å². The maximum atomic E-state index is 13.1. The van der Waals surface area contributed by atoms with Crippen LogP contribution >= 0.6 is 0 Å². The minimum absolute atomic E-state index is 0.0128. The molecule has 2 unspecified atom stereocenters. The fourth-order valence-electron chi connectivity index (χ4n) is 5.83. The van der Waals surface area contributed by atoms with Crippen LogP contribution in [-0.2, 0) is 9.59 Å². The van der Waals surface area contributed by atoms with Crippen molar-refractivity contribution in [2.24, 2.45) is 16.7 Å². The van der Waals surface area contributed by atoms with Crippen molar-refractivity contribution in [2.75, 3.05) is 0 Å². The fourth-order valence-corrected chi connectivity index (χ4v) is 5.83. The van der Waals surface area contributed by atoms with E-state index < -0.39 is 5.97 Å². The average molecular weight is 483 g/mol. The maximum Gasteiger partial charge on any atom is 0.303 e. The molecule has 2 N–H and O–H groups in total. The first-order valence-corrected chi connectivity index (χ1v) is 13.3. The van der Waals surface area contributed by atoms with E-state index in [-0.39, 0.29) is 36.1 Å². The molecule has 0 radical (unpaired) electrons. The summed E-state index contributed by atoms with van der Waals surface area (Å²) >= 11 is 0. The van der Waals surface area contributed by atoms with Crippen molar-refractivity contribution >= 4 is 11.9 Å². The summed E-state index contributed by atoms with van der Waals surface area (Å²) in [5.74, 6) is 1.39. The number of carboxylic acid groups (broad SMARTS) is 1. The lowest BCUT2D eigenvalue weighted by atomic mass is 9.66. The molecule has 1 aromatic heterocycles. The number of rotatable bonds is 10. The second-order valence-corrected chi connectivity index (χ2v) is 12.9. The summed E-state index contributed by atoms with van der Waals surface area (Å²) < 4.78 is 5.98. The minimum atomic E-state index is -0.849. The Bertz CT molecular complexity index is 987. The summed E-state index contributed by atoms with van der Waals surface area (Å²) in [4.78, 5) is 24.5. The van der Waals surface area contributed by atoms with Gasteiger partial charge in [0.15, 0.2) is 0 Å². The molecule has 6 heteroatoms. The van der Waals surface area contributed by atoms with Crippen molar-refractivity contribution in [2.45, 2.75) is 110 Å². The van der Waals surface area contributed by atoms with E-state index in [2.05, 4.69) is 51.2 Å². The highest BCUT2D eigenvalue weighted by Crippen LogP contribution is 2.53. The topological polar surface area (TPSA) is 92.4 Å². The van der Waals surface area contributed by atoms with Gasteiger partial charge >= 0.3 is 5.97 Å². The number of hydrogen-bond acceptors (Lipinski definition) is 4. The fraction of sp³-hybridized carbons (Fsp3) is 0.690. The molecule has 192 valence electrons. The number of aliphatic carboxylic acids is 1. The highest BCUT2D eigenvalue weighted by molar-refractivity contribution is 5.78. The Labute approximate surface area is 209 Å². The van der Waals surface area contributed by atoms with E-state index in [0.29, 0.717) is 23.7 Å². The van der Waals surface area contributed by atoms with E-state index in [1.165, 1.54) is 12.0 Å². The number of carbonyl (C=O) groups excluding carboxylic acids is 1. The Kier molecular flexibility index (Phi) is 7.31. The maximum absolute atomic E-state index is 13.1. The lowest BCUT2D eigenvalue weighted by molar-refractivity contribution is -0.137. The molecule has 6 nitrogen and oxygen atoms in total. The second-order valence-electron chi connectivity index (χ2n) is 12.9. The summed E-state index contributed by atoms with van der Waals surface area (Å²) in [7, 11) is 0. The lowest BCUT2D eigenvalue weighted by Gasteiger charge is -2.38. The molecule has 35 heavy (non-hydrogen) atoms. The van der Waals surface area contributed by atoms with Crippen LogP contribution in [0, 0.1) is 16.7 Å². The van der Waals surface area contributed by atoms with Gasteiger partial charge in [-0.25, -0.2) is 0 Å². The molecule has 0 spiro atoms. The number of allylic oxidation sites excluding steroid dienone is 2. The summed E-state index contributed by atoms with van der Waals surface area (Å²) in [6.45, 7) is 11.1. The van der Waals surface area contributed by atoms with Crippen LogP contribution in [0.3, 0.4) is 0 Å². The van der Waals surface area contributed by atoms with Crippen LogP contribution in [0.4, 0.5) is 0 Å². The number of nitrogens with zero attached hydrogens (tertiary/aromatic N) is 1. The molecule has 4 rings (SSSR count). The number of aromatic nitrogens is 1. The van der Waals surface area contributed by atoms with E-state index >= 15 is 0 Å². The third-order valence-corrected chi connectivity index (χ3v) is 7.86. The van der Waals surface area contributed by atoms with Crippen molar-refractivity contribution < 1.29 is 19.2 Å². The van der Waals surface area contributed by atoms with Gasteiger partial charge in [0.05, 0.1) is 11.7 Å². The van der Waals surface area contributed by atoms with Crippen LogP contribution < -0.4 is 5.32 Å². The first-order chi connectivity index (χ1) is 16.4. The molecule has 2 saturated carbocycles. The molecule has 2 atom stereocenters. The van der Waals surface area contributed by atoms with Crippen LogP contribution in [0.5, 0.6) is 0 Å². The van der Waals surface area contributed by atoms with Gasteiger partial charge in [-0.3, -0.25) is 9.59 Å². The van der Waals surface area contributed by atoms with Crippen LogP contribution in [0.25, 0.3) is 0 Å². The van der Waals surface area contributed by atoms with Crippen LogP contribution in [0.15, 0.2) is 28.8 Å². The lowest BCUT2D eigenvalue weighted by Crippen LogP contribution is -2.44. The minimum Gasteiger partial charge on any atom is -0.481 e. The third-order valence-electron chi connectivity index (χ3n) is 7.86. The Hall–Kier alpha value is -2.37. The normalized spacial score (nSPS) is 26.3. The van der Waals surface area contributed by atoms with Crippen molar-refractivity contribution in [3.63, 3.8) is 0 Å². The van der Waals surface area contributed by atoms with Gasteiger partial charge in [-0.1, -0.05) is 64.1 Å². The molecule has 0 saturated heterocycles. The zero-order valence-electron chi connectivity index (χ0n) is 22.0. The van der Waals surface area contributed by atoms with Gasteiger partial charge in [0.1, 0.15) is 5.76 Å². The van der Waals surface area contributed by atoms with Gasteiger partial charge in [-0.05, 0) is 55.8 Å². The van der Waals surface area contributed by atoms with Gasteiger partial charge < -0.3 is 14.9 Å². The SMILES string of the molecule is CC(C)(C)CC1CC(c2onc(C(CCC(=O)O)CC(=O)NC3C=CC=CC3(C)C)c2C2CC2)C1. The Morgan fingerprint density at radius 1 is 1.20 bits per heavy atom. The molecule has 1 heterocycles. The van der Waals surface area contributed by atoms with E-state index in [4.69, 9.17) is 4.52 Å². The zero-order chi connectivity index (χ0) is 25.4. The monoisotopic (exact) mass is 482 g/mol. The van der Waals surface area contributed by atoms with E-state index in [0.717, 1.165) is 43.1 Å².